The number of anilines is 2. The Morgan fingerprint density at radius 2 is 1.96 bits per heavy atom. The van der Waals surface area contributed by atoms with Crippen molar-refractivity contribution < 1.29 is 14.3 Å². The Morgan fingerprint density at radius 3 is 2.63 bits per heavy atom. The van der Waals surface area contributed by atoms with Crippen LogP contribution in [0, 0.1) is 5.92 Å². The lowest BCUT2D eigenvalue weighted by molar-refractivity contribution is -0.122. The van der Waals surface area contributed by atoms with Gasteiger partial charge in [-0.2, -0.15) is 0 Å². The van der Waals surface area contributed by atoms with Gasteiger partial charge in [-0.25, -0.2) is 0 Å². The quantitative estimate of drug-likeness (QED) is 0.750. The van der Waals surface area contributed by atoms with E-state index in [4.69, 9.17) is 27.9 Å². The number of hydrogen-bond donors (Lipinski definition) is 1. The molecule has 0 aliphatic carbocycles. The molecule has 0 saturated carbocycles. The van der Waals surface area contributed by atoms with E-state index in [1.807, 2.05) is 31.2 Å². The van der Waals surface area contributed by atoms with Crippen LogP contribution < -0.4 is 15.0 Å². The number of hydrogen-bond acceptors (Lipinski definition) is 3. The minimum atomic E-state index is -0.444. The fourth-order valence-corrected chi connectivity index (χ4v) is 3.36. The lowest BCUT2D eigenvalue weighted by Crippen LogP contribution is -2.28. The summed E-state index contributed by atoms with van der Waals surface area (Å²) in [7, 11) is 0. The smallest absolute Gasteiger partial charge is 0.229 e. The second kappa shape index (κ2) is 8.63. The fourth-order valence-electron chi connectivity index (χ4n) is 2.90. The summed E-state index contributed by atoms with van der Waals surface area (Å²) in [5.74, 6) is -0.00302. The van der Waals surface area contributed by atoms with Crippen LogP contribution in [-0.4, -0.2) is 25.0 Å². The predicted molar refractivity (Wildman–Crippen MR) is 108 cm³/mol. The highest BCUT2D eigenvalue weighted by Gasteiger charge is 2.35. The van der Waals surface area contributed by atoms with Crippen molar-refractivity contribution in [1.29, 1.82) is 0 Å². The van der Waals surface area contributed by atoms with Gasteiger partial charge in [0.1, 0.15) is 5.75 Å². The van der Waals surface area contributed by atoms with Crippen LogP contribution in [0.25, 0.3) is 0 Å². The van der Waals surface area contributed by atoms with Crippen LogP contribution >= 0.6 is 23.2 Å². The lowest BCUT2D eigenvalue weighted by atomic mass is 10.1. The summed E-state index contributed by atoms with van der Waals surface area (Å²) >= 11 is 12.0. The van der Waals surface area contributed by atoms with Crippen molar-refractivity contribution >= 4 is 46.4 Å². The van der Waals surface area contributed by atoms with Crippen LogP contribution in [0.2, 0.25) is 10.0 Å². The average molecular weight is 407 g/mol. The number of carbonyl (C=O) groups is 2. The highest BCUT2D eigenvalue weighted by atomic mass is 35.5. The van der Waals surface area contributed by atoms with Crippen molar-refractivity contribution in [2.24, 2.45) is 5.92 Å². The van der Waals surface area contributed by atoms with Crippen LogP contribution in [0.15, 0.2) is 42.5 Å². The van der Waals surface area contributed by atoms with E-state index < -0.39 is 5.92 Å². The Hall–Kier alpha value is -2.24. The van der Waals surface area contributed by atoms with E-state index >= 15 is 0 Å². The van der Waals surface area contributed by atoms with Gasteiger partial charge in [-0.1, -0.05) is 30.1 Å². The maximum Gasteiger partial charge on any atom is 0.229 e. The van der Waals surface area contributed by atoms with Crippen molar-refractivity contribution in [3.8, 4) is 5.75 Å². The second-order valence-electron chi connectivity index (χ2n) is 6.36. The van der Waals surface area contributed by atoms with Gasteiger partial charge in [0.05, 0.1) is 23.2 Å². The zero-order valence-electron chi connectivity index (χ0n) is 14.9. The summed E-state index contributed by atoms with van der Waals surface area (Å²) in [5, 5.41) is 3.63. The lowest BCUT2D eigenvalue weighted by Gasteiger charge is -2.17. The molecule has 5 nitrogen and oxygen atoms in total. The molecule has 1 N–H and O–H groups in total. The Morgan fingerprint density at radius 1 is 1.22 bits per heavy atom. The monoisotopic (exact) mass is 406 g/mol. The molecule has 1 aliphatic rings. The Kier molecular flexibility index (Phi) is 6.24. The zero-order chi connectivity index (χ0) is 19.4. The number of rotatable bonds is 6. The zero-order valence-corrected chi connectivity index (χ0v) is 16.4. The molecule has 3 rings (SSSR count). The van der Waals surface area contributed by atoms with E-state index in [0.717, 1.165) is 17.9 Å². The molecule has 0 aromatic heterocycles. The van der Waals surface area contributed by atoms with E-state index in [1.54, 1.807) is 23.1 Å². The van der Waals surface area contributed by atoms with Gasteiger partial charge in [-0.05, 0) is 48.9 Å². The summed E-state index contributed by atoms with van der Waals surface area (Å²) in [6.45, 7) is 3.02. The first kappa shape index (κ1) is 19.5. The first-order chi connectivity index (χ1) is 13.0. The summed E-state index contributed by atoms with van der Waals surface area (Å²) < 4.78 is 5.56. The topological polar surface area (TPSA) is 58.6 Å². The van der Waals surface area contributed by atoms with Crippen molar-refractivity contribution in [2.75, 3.05) is 23.4 Å². The van der Waals surface area contributed by atoms with Gasteiger partial charge in [-0.3, -0.25) is 9.59 Å². The van der Waals surface area contributed by atoms with Crippen LogP contribution in [0.4, 0.5) is 11.4 Å². The Bertz CT molecular complexity index is 840. The maximum absolute atomic E-state index is 12.5. The first-order valence-electron chi connectivity index (χ1n) is 8.77. The third-order valence-electron chi connectivity index (χ3n) is 4.31. The number of carbonyl (C=O) groups excluding carboxylic acids is 2. The van der Waals surface area contributed by atoms with Crippen LogP contribution in [0.5, 0.6) is 5.75 Å². The largest absolute Gasteiger partial charge is 0.494 e. The molecule has 0 radical (unpaired) electrons. The molecule has 1 heterocycles. The number of nitrogens with zero attached hydrogens (tertiary/aromatic N) is 1. The molecule has 1 aliphatic heterocycles. The van der Waals surface area contributed by atoms with Gasteiger partial charge in [0, 0.05) is 23.7 Å². The maximum atomic E-state index is 12.5. The van der Waals surface area contributed by atoms with Crippen LogP contribution in [0.3, 0.4) is 0 Å². The summed E-state index contributed by atoms with van der Waals surface area (Å²) in [4.78, 5) is 26.5. The van der Waals surface area contributed by atoms with E-state index in [0.29, 0.717) is 28.9 Å². The summed E-state index contributed by atoms with van der Waals surface area (Å²) in [6.07, 6.45) is 1.09. The molecular formula is C20H20Cl2N2O3. The van der Waals surface area contributed by atoms with Crippen molar-refractivity contribution in [3.05, 3.63) is 52.5 Å². The van der Waals surface area contributed by atoms with Gasteiger partial charge >= 0.3 is 0 Å². The van der Waals surface area contributed by atoms with Crippen LogP contribution in [-0.2, 0) is 9.59 Å². The molecule has 142 valence electrons. The molecule has 0 bridgehead atoms. The Labute approximate surface area is 168 Å². The standard InChI is InChI=1S/C20H20Cl2N2O3/c1-2-9-27-16-6-4-15(5-7-16)24-12-13(10-19(24)25)20(26)23-18-8-3-14(21)11-17(18)22/h3-8,11,13H,2,9-10,12H2,1H3,(H,23,26)/t13-/m0/s1. The number of halogens is 2. The minimum Gasteiger partial charge on any atom is -0.494 e. The molecule has 0 spiro atoms. The molecule has 1 saturated heterocycles. The molecular weight excluding hydrogens is 387 g/mol. The molecule has 2 aromatic carbocycles. The fraction of sp³-hybridized carbons (Fsp3) is 0.300. The number of amides is 2. The van der Waals surface area contributed by atoms with Crippen molar-refractivity contribution in [2.45, 2.75) is 19.8 Å². The Balaban J connectivity index is 1.65. The normalized spacial score (nSPS) is 16.5. The molecule has 0 unspecified atom stereocenters. The summed E-state index contributed by atoms with van der Waals surface area (Å²) in [5.41, 5.74) is 1.23. The highest BCUT2D eigenvalue weighted by molar-refractivity contribution is 6.36. The highest BCUT2D eigenvalue weighted by Crippen LogP contribution is 2.29. The molecule has 2 amide bonds. The van der Waals surface area contributed by atoms with Gasteiger partial charge in [0.2, 0.25) is 11.8 Å². The van der Waals surface area contributed by atoms with Gasteiger partial charge in [0.25, 0.3) is 0 Å². The predicted octanol–water partition coefficient (Wildman–Crippen LogP) is 4.77. The minimum absolute atomic E-state index is 0.0837. The van der Waals surface area contributed by atoms with Crippen molar-refractivity contribution in [3.63, 3.8) is 0 Å². The average Bonchev–Trinajstić information content (AvgIpc) is 3.04. The molecule has 2 aromatic rings. The van der Waals surface area contributed by atoms with E-state index in [2.05, 4.69) is 5.32 Å². The summed E-state index contributed by atoms with van der Waals surface area (Å²) in [6, 6.07) is 12.2. The van der Waals surface area contributed by atoms with E-state index in [1.165, 1.54) is 0 Å². The molecule has 1 atom stereocenters. The first-order valence-corrected chi connectivity index (χ1v) is 9.52. The van der Waals surface area contributed by atoms with E-state index in [-0.39, 0.29) is 18.2 Å². The number of nitrogens with one attached hydrogen (secondary N) is 1. The molecule has 27 heavy (non-hydrogen) atoms. The number of benzene rings is 2. The third-order valence-corrected chi connectivity index (χ3v) is 4.85. The third kappa shape index (κ3) is 4.73. The molecule has 7 heteroatoms. The van der Waals surface area contributed by atoms with Crippen molar-refractivity contribution in [1.82, 2.24) is 0 Å². The van der Waals surface area contributed by atoms with Gasteiger partial charge in [-0.15, -0.1) is 0 Å². The SMILES string of the molecule is CCCOc1ccc(N2C[C@@H](C(=O)Nc3ccc(Cl)cc3Cl)CC2=O)cc1. The second-order valence-corrected chi connectivity index (χ2v) is 7.20. The van der Waals surface area contributed by atoms with Crippen LogP contribution in [0.1, 0.15) is 19.8 Å². The van der Waals surface area contributed by atoms with Gasteiger partial charge in [0.15, 0.2) is 0 Å². The number of ether oxygens (including phenoxy) is 1. The van der Waals surface area contributed by atoms with E-state index in [9.17, 15) is 9.59 Å². The van der Waals surface area contributed by atoms with Gasteiger partial charge < -0.3 is 15.0 Å². The molecule has 1 fully saturated rings.